The minimum Gasteiger partial charge on any atom is -0.496 e. The third-order valence-corrected chi connectivity index (χ3v) is 3.14. The fourth-order valence-electron chi connectivity index (χ4n) is 1.73. The van der Waals surface area contributed by atoms with Crippen LogP contribution < -0.4 is 15.2 Å². The van der Waals surface area contributed by atoms with Crippen molar-refractivity contribution in [2.45, 2.75) is 19.9 Å². The molecule has 90 valence electrons. The van der Waals surface area contributed by atoms with Crippen molar-refractivity contribution in [1.29, 1.82) is 0 Å². The highest BCUT2D eigenvalue weighted by molar-refractivity contribution is 6.18. The van der Waals surface area contributed by atoms with Crippen molar-refractivity contribution in [2.24, 2.45) is 5.73 Å². The standard InChI is InChI=1S/C12H18ClNO2/c1-7-8(2)12(16-4)9(10(14)6-13)5-11(7)15-3/h5,10H,6,14H2,1-4H3. The first-order valence-electron chi connectivity index (χ1n) is 5.10. The molecule has 0 aliphatic rings. The second kappa shape index (κ2) is 5.41. The molecule has 0 aliphatic carbocycles. The SMILES string of the molecule is COc1cc(C(N)CCl)c(OC)c(C)c1C. The number of benzene rings is 1. The molecular formula is C12H18ClNO2. The maximum Gasteiger partial charge on any atom is 0.127 e. The molecule has 0 heterocycles. The summed E-state index contributed by atoms with van der Waals surface area (Å²) in [6.07, 6.45) is 0. The molecule has 3 nitrogen and oxygen atoms in total. The Bertz CT molecular complexity index is 380. The van der Waals surface area contributed by atoms with Crippen molar-refractivity contribution < 1.29 is 9.47 Å². The predicted molar refractivity (Wildman–Crippen MR) is 66.7 cm³/mol. The minimum atomic E-state index is -0.246. The first kappa shape index (κ1) is 13.1. The molecule has 2 N–H and O–H groups in total. The number of alkyl halides is 1. The Hall–Kier alpha value is -0.930. The van der Waals surface area contributed by atoms with Crippen LogP contribution in [0, 0.1) is 13.8 Å². The lowest BCUT2D eigenvalue weighted by molar-refractivity contribution is 0.391. The van der Waals surface area contributed by atoms with Crippen LogP contribution in [0.2, 0.25) is 0 Å². The number of hydrogen-bond acceptors (Lipinski definition) is 3. The van der Waals surface area contributed by atoms with Crippen LogP contribution in [0.3, 0.4) is 0 Å². The van der Waals surface area contributed by atoms with Gasteiger partial charge >= 0.3 is 0 Å². The van der Waals surface area contributed by atoms with Crippen LogP contribution in [0.1, 0.15) is 22.7 Å². The molecule has 0 saturated heterocycles. The summed E-state index contributed by atoms with van der Waals surface area (Å²) in [6, 6.07) is 1.65. The van der Waals surface area contributed by atoms with Gasteiger partial charge in [-0.1, -0.05) is 0 Å². The van der Waals surface area contributed by atoms with Crippen LogP contribution in [-0.2, 0) is 0 Å². The molecule has 0 saturated carbocycles. The summed E-state index contributed by atoms with van der Waals surface area (Å²) in [5.41, 5.74) is 8.93. The van der Waals surface area contributed by atoms with Crippen molar-refractivity contribution in [2.75, 3.05) is 20.1 Å². The second-order valence-corrected chi connectivity index (χ2v) is 4.02. The Balaban J connectivity index is 3.40. The van der Waals surface area contributed by atoms with E-state index in [0.717, 1.165) is 28.2 Å². The predicted octanol–water partition coefficient (Wildman–Crippen LogP) is 2.56. The molecule has 16 heavy (non-hydrogen) atoms. The third-order valence-electron chi connectivity index (χ3n) is 2.81. The maximum atomic E-state index is 5.95. The van der Waals surface area contributed by atoms with Gasteiger partial charge in [-0.05, 0) is 31.0 Å². The largest absolute Gasteiger partial charge is 0.496 e. The molecule has 0 aromatic heterocycles. The highest BCUT2D eigenvalue weighted by atomic mass is 35.5. The van der Waals surface area contributed by atoms with Crippen LogP contribution in [0.25, 0.3) is 0 Å². The average Bonchev–Trinajstić information content (AvgIpc) is 2.31. The lowest BCUT2D eigenvalue weighted by atomic mass is 9.99. The van der Waals surface area contributed by atoms with Crippen molar-refractivity contribution in [3.05, 3.63) is 22.8 Å². The Morgan fingerprint density at radius 3 is 2.31 bits per heavy atom. The molecule has 1 rings (SSSR count). The van der Waals surface area contributed by atoms with Crippen molar-refractivity contribution >= 4 is 11.6 Å². The van der Waals surface area contributed by atoms with Crippen LogP contribution in [0.5, 0.6) is 11.5 Å². The lowest BCUT2D eigenvalue weighted by Gasteiger charge is -2.19. The van der Waals surface area contributed by atoms with Gasteiger partial charge in [-0.2, -0.15) is 0 Å². The van der Waals surface area contributed by atoms with Gasteiger partial charge in [0.2, 0.25) is 0 Å². The van der Waals surface area contributed by atoms with Crippen molar-refractivity contribution in [3.8, 4) is 11.5 Å². The summed E-state index contributed by atoms with van der Waals surface area (Å²) < 4.78 is 10.7. The second-order valence-electron chi connectivity index (χ2n) is 3.71. The zero-order valence-corrected chi connectivity index (χ0v) is 10.9. The molecule has 0 fully saturated rings. The van der Waals surface area contributed by atoms with E-state index in [1.54, 1.807) is 14.2 Å². The first-order valence-corrected chi connectivity index (χ1v) is 5.63. The minimum absolute atomic E-state index is 0.246. The van der Waals surface area contributed by atoms with E-state index in [-0.39, 0.29) is 6.04 Å². The summed E-state index contributed by atoms with van der Waals surface area (Å²) in [5.74, 6) is 1.96. The fourth-order valence-corrected chi connectivity index (χ4v) is 1.89. The van der Waals surface area contributed by atoms with E-state index >= 15 is 0 Å². The number of nitrogens with two attached hydrogens (primary N) is 1. The summed E-state index contributed by atoms with van der Waals surface area (Å²) in [6.45, 7) is 3.98. The molecule has 1 aromatic rings. The van der Waals surface area contributed by atoms with E-state index in [1.807, 2.05) is 19.9 Å². The highest BCUT2D eigenvalue weighted by Crippen LogP contribution is 2.36. The van der Waals surface area contributed by atoms with Gasteiger partial charge in [0.1, 0.15) is 11.5 Å². The summed E-state index contributed by atoms with van der Waals surface area (Å²) in [5, 5.41) is 0. The highest BCUT2D eigenvalue weighted by Gasteiger charge is 2.17. The number of hydrogen-bond donors (Lipinski definition) is 1. The van der Waals surface area contributed by atoms with Crippen molar-refractivity contribution in [1.82, 2.24) is 0 Å². The molecule has 4 heteroatoms. The van der Waals surface area contributed by atoms with Gasteiger partial charge in [-0.3, -0.25) is 0 Å². The Kier molecular flexibility index (Phi) is 4.44. The number of ether oxygens (including phenoxy) is 2. The van der Waals surface area contributed by atoms with Crippen LogP contribution in [0.15, 0.2) is 6.07 Å². The van der Waals surface area contributed by atoms with E-state index in [9.17, 15) is 0 Å². The summed E-state index contributed by atoms with van der Waals surface area (Å²) in [4.78, 5) is 0. The Morgan fingerprint density at radius 1 is 1.25 bits per heavy atom. The third kappa shape index (κ3) is 2.25. The van der Waals surface area contributed by atoms with Gasteiger partial charge in [-0.25, -0.2) is 0 Å². The van der Waals surface area contributed by atoms with Gasteiger partial charge < -0.3 is 15.2 Å². The van der Waals surface area contributed by atoms with E-state index < -0.39 is 0 Å². The normalized spacial score (nSPS) is 12.4. The van der Waals surface area contributed by atoms with E-state index in [2.05, 4.69) is 0 Å². The molecule has 0 bridgehead atoms. The monoisotopic (exact) mass is 243 g/mol. The molecule has 1 unspecified atom stereocenters. The maximum absolute atomic E-state index is 5.95. The smallest absolute Gasteiger partial charge is 0.127 e. The molecule has 1 atom stereocenters. The number of methoxy groups -OCH3 is 2. The average molecular weight is 244 g/mol. The van der Waals surface area contributed by atoms with Gasteiger partial charge in [0, 0.05) is 17.5 Å². The number of halogens is 1. The fraction of sp³-hybridized carbons (Fsp3) is 0.500. The van der Waals surface area contributed by atoms with E-state index in [1.165, 1.54) is 0 Å². The van der Waals surface area contributed by atoms with Crippen LogP contribution in [0.4, 0.5) is 0 Å². The topological polar surface area (TPSA) is 44.5 Å². The van der Waals surface area contributed by atoms with Gasteiger partial charge in [0.25, 0.3) is 0 Å². The summed E-state index contributed by atoms with van der Waals surface area (Å²) in [7, 11) is 3.28. The Labute approximate surface area is 101 Å². The molecule has 0 aliphatic heterocycles. The van der Waals surface area contributed by atoms with Gasteiger partial charge in [0.15, 0.2) is 0 Å². The zero-order valence-electron chi connectivity index (χ0n) is 10.1. The lowest BCUT2D eigenvalue weighted by Crippen LogP contribution is -2.14. The Morgan fingerprint density at radius 2 is 1.88 bits per heavy atom. The van der Waals surface area contributed by atoms with Crippen LogP contribution >= 0.6 is 11.6 Å². The van der Waals surface area contributed by atoms with E-state index in [0.29, 0.717) is 5.88 Å². The molecule has 0 amide bonds. The van der Waals surface area contributed by atoms with E-state index in [4.69, 9.17) is 26.8 Å². The first-order chi connectivity index (χ1) is 7.56. The molecular weight excluding hydrogens is 226 g/mol. The molecule has 1 aromatic carbocycles. The van der Waals surface area contributed by atoms with Gasteiger partial charge in [-0.15, -0.1) is 11.6 Å². The zero-order chi connectivity index (χ0) is 12.3. The molecule has 0 spiro atoms. The van der Waals surface area contributed by atoms with Crippen LogP contribution in [-0.4, -0.2) is 20.1 Å². The quantitative estimate of drug-likeness (QED) is 0.827. The number of rotatable bonds is 4. The molecule has 0 radical (unpaired) electrons. The summed E-state index contributed by atoms with van der Waals surface area (Å²) >= 11 is 5.78. The van der Waals surface area contributed by atoms with Crippen molar-refractivity contribution in [3.63, 3.8) is 0 Å². The van der Waals surface area contributed by atoms with Gasteiger partial charge in [0.05, 0.1) is 14.2 Å².